The van der Waals surface area contributed by atoms with E-state index in [1.807, 2.05) is 30.3 Å². The predicted octanol–water partition coefficient (Wildman–Crippen LogP) is 2.08. The molecule has 1 aromatic heterocycles. The molecular formula is C18H21ClN4O3. The molecule has 26 heavy (non-hydrogen) atoms. The lowest BCUT2D eigenvalue weighted by Crippen LogP contribution is -2.38. The van der Waals surface area contributed by atoms with Crippen LogP contribution in [0.25, 0.3) is 5.69 Å². The minimum absolute atomic E-state index is 0.0500. The summed E-state index contributed by atoms with van der Waals surface area (Å²) in [5, 5.41) is 10.1. The molecule has 0 spiro atoms. The summed E-state index contributed by atoms with van der Waals surface area (Å²) in [5.74, 6) is -0.190. The fraction of sp³-hybridized carbons (Fsp3) is 0.389. The summed E-state index contributed by atoms with van der Waals surface area (Å²) in [6.45, 7) is 1.87. The van der Waals surface area contributed by atoms with Gasteiger partial charge in [0.25, 0.3) is 11.8 Å². The number of nitrogens with zero attached hydrogens (tertiary/aromatic N) is 2. The molecule has 138 valence electrons. The van der Waals surface area contributed by atoms with Crippen molar-refractivity contribution in [2.75, 3.05) is 6.54 Å². The van der Waals surface area contributed by atoms with Crippen molar-refractivity contribution in [1.82, 2.24) is 20.4 Å². The number of para-hydroxylation sites is 1. The Bertz CT molecular complexity index is 774. The highest BCUT2D eigenvalue weighted by Crippen LogP contribution is 2.25. The van der Waals surface area contributed by atoms with Crippen molar-refractivity contribution in [2.24, 2.45) is 0 Å². The van der Waals surface area contributed by atoms with E-state index in [0.717, 1.165) is 18.5 Å². The standard InChI is InChI=1S/C18H21ClN4O3/c1-12(17(25)20-10-9-16(24)21-13-7-8-13)26-18-15(19)11-23(22-18)14-5-3-2-4-6-14/h2-6,11-13H,7-10H2,1H3,(H,20,25)(H,21,24)/t12-/m1/s1. The molecule has 3 rings (SSSR count). The maximum absolute atomic E-state index is 12.1. The molecule has 2 amide bonds. The maximum atomic E-state index is 12.1. The van der Waals surface area contributed by atoms with Crippen LogP contribution in [0.2, 0.25) is 5.02 Å². The number of benzene rings is 1. The second kappa shape index (κ2) is 8.23. The van der Waals surface area contributed by atoms with E-state index in [2.05, 4.69) is 15.7 Å². The lowest BCUT2D eigenvalue weighted by atomic mass is 10.3. The van der Waals surface area contributed by atoms with Crippen molar-refractivity contribution in [3.63, 3.8) is 0 Å². The Kier molecular flexibility index (Phi) is 5.78. The topological polar surface area (TPSA) is 85.2 Å². The van der Waals surface area contributed by atoms with Crippen LogP contribution in [0.1, 0.15) is 26.2 Å². The van der Waals surface area contributed by atoms with Crippen LogP contribution in [-0.2, 0) is 9.59 Å². The Morgan fingerprint density at radius 1 is 1.35 bits per heavy atom. The molecule has 0 aliphatic heterocycles. The largest absolute Gasteiger partial charge is 0.462 e. The second-order valence-corrected chi connectivity index (χ2v) is 6.61. The maximum Gasteiger partial charge on any atom is 0.260 e. The fourth-order valence-electron chi connectivity index (χ4n) is 2.32. The van der Waals surface area contributed by atoms with E-state index in [0.29, 0.717) is 11.1 Å². The van der Waals surface area contributed by atoms with Crippen LogP contribution >= 0.6 is 11.6 Å². The van der Waals surface area contributed by atoms with Gasteiger partial charge in [-0.15, -0.1) is 5.10 Å². The van der Waals surface area contributed by atoms with Crippen molar-refractivity contribution >= 4 is 23.4 Å². The summed E-state index contributed by atoms with van der Waals surface area (Å²) in [7, 11) is 0. The minimum Gasteiger partial charge on any atom is -0.462 e. The molecule has 1 aliphatic rings. The highest BCUT2D eigenvalue weighted by atomic mass is 35.5. The zero-order chi connectivity index (χ0) is 18.5. The van der Waals surface area contributed by atoms with Crippen LogP contribution in [0.5, 0.6) is 5.88 Å². The van der Waals surface area contributed by atoms with Gasteiger partial charge in [0.05, 0.1) is 11.9 Å². The molecule has 8 heteroatoms. The third-order valence-corrected chi connectivity index (χ3v) is 4.17. The molecule has 1 aromatic carbocycles. The molecule has 1 fully saturated rings. The average molecular weight is 377 g/mol. The Labute approximate surface area is 156 Å². The normalized spacial score (nSPS) is 14.5. The van der Waals surface area contributed by atoms with E-state index in [1.165, 1.54) is 0 Å². The summed E-state index contributed by atoms with van der Waals surface area (Å²) < 4.78 is 7.15. The highest BCUT2D eigenvalue weighted by Gasteiger charge is 2.23. The number of amides is 2. The number of carbonyl (C=O) groups excluding carboxylic acids is 2. The lowest BCUT2D eigenvalue weighted by molar-refractivity contribution is -0.127. The third kappa shape index (κ3) is 4.98. The van der Waals surface area contributed by atoms with Gasteiger partial charge in [0, 0.05) is 19.0 Å². The minimum atomic E-state index is -0.780. The molecule has 1 atom stereocenters. The summed E-state index contributed by atoms with van der Waals surface area (Å²) in [6, 6.07) is 9.78. The molecule has 1 saturated carbocycles. The van der Waals surface area contributed by atoms with Gasteiger partial charge in [-0.25, -0.2) is 4.68 Å². The molecule has 0 saturated heterocycles. The number of rotatable bonds is 8. The predicted molar refractivity (Wildman–Crippen MR) is 97.5 cm³/mol. The quantitative estimate of drug-likeness (QED) is 0.738. The van der Waals surface area contributed by atoms with Gasteiger partial charge in [0.2, 0.25) is 5.91 Å². The van der Waals surface area contributed by atoms with Crippen LogP contribution < -0.4 is 15.4 Å². The zero-order valence-corrected chi connectivity index (χ0v) is 15.2. The lowest BCUT2D eigenvalue weighted by Gasteiger charge is -2.13. The number of carbonyl (C=O) groups is 2. The van der Waals surface area contributed by atoms with Gasteiger partial charge in [0.15, 0.2) is 6.10 Å². The summed E-state index contributed by atoms with van der Waals surface area (Å²) in [4.78, 5) is 23.7. The Hall–Kier alpha value is -2.54. The van der Waals surface area contributed by atoms with Gasteiger partial charge >= 0.3 is 0 Å². The average Bonchev–Trinajstić information content (AvgIpc) is 3.37. The Morgan fingerprint density at radius 3 is 2.77 bits per heavy atom. The number of hydrogen-bond acceptors (Lipinski definition) is 4. The second-order valence-electron chi connectivity index (χ2n) is 6.21. The third-order valence-electron chi connectivity index (χ3n) is 3.91. The van der Waals surface area contributed by atoms with E-state index in [-0.39, 0.29) is 30.7 Å². The summed E-state index contributed by atoms with van der Waals surface area (Å²) in [5.41, 5.74) is 0.836. The first-order chi connectivity index (χ1) is 12.5. The van der Waals surface area contributed by atoms with Crippen LogP contribution in [0.4, 0.5) is 0 Å². The molecule has 2 aromatic rings. The van der Waals surface area contributed by atoms with Gasteiger partial charge in [-0.05, 0) is 31.9 Å². The molecule has 0 bridgehead atoms. The van der Waals surface area contributed by atoms with E-state index < -0.39 is 6.10 Å². The SMILES string of the molecule is C[C@@H](Oc1nn(-c2ccccc2)cc1Cl)C(=O)NCCC(=O)NC1CC1. The first kappa shape index (κ1) is 18.3. The number of aromatic nitrogens is 2. The van der Waals surface area contributed by atoms with Crippen LogP contribution in [-0.4, -0.2) is 40.3 Å². The smallest absolute Gasteiger partial charge is 0.260 e. The van der Waals surface area contributed by atoms with Gasteiger partial charge < -0.3 is 15.4 Å². The van der Waals surface area contributed by atoms with Crippen molar-refractivity contribution in [3.05, 3.63) is 41.6 Å². The molecule has 1 aliphatic carbocycles. The van der Waals surface area contributed by atoms with Gasteiger partial charge in [0.1, 0.15) is 5.02 Å². The van der Waals surface area contributed by atoms with Crippen LogP contribution in [0, 0.1) is 0 Å². The number of hydrogen-bond donors (Lipinski definition) is 2. The number of nitrogens with one attached hydrogen (secondary N) is 2. The van der Waals surface area contributed by atoms with E-state index in [1.54, 1.807) is 17.8 Å². The molecule has 1 heterocycles. The van der Waals surface area contributed by atoms with Crippen molar-refractivity contribution in [2.45, 2.75) is 38.3 Å². The summed E-state index contributed by atoms with van der Waals surface area (Å²) in [6.07, 6.45) is 3.17. The molecule has 0 unspecified atom stereocenters. The molecule has 2 N–H and O–H groups in total. The van der Waals surface area contributed by atoms with Crippen molar-refractivity contribution < 1.29 is 14.3 Å². The zero-order valence-electron chi connectivity index (χ0n) is 14.4. The first-order valence-corrected chi connectivity index (χ1v) is 8.95. The monoisotopic (exact) mass is 376 g/mol. The van der Waals surface area contributed by atoms with E-state index in [4.69, 9.17) is 16.3 Å². The number of halogens is 1. The van der Waals surface area contributed by atoms with Gasteiger partial charge in [-0.1, -0.05) is 29.8 Å². The number of ether oxygens (including phenoxy) is 1. The van der Waals surface area contributed by atoms with Gasteiger partial charge in [-0.3, -0.25) is 9.59 Å². The highest BCUT2D eigenvalue weighted by molar-refractivity contribution is 6.31. The van der Waals surface area contributed by atoms with E-state index >= 15 is 0 Å². The molecule has 0 radical (unpaired) electrons. The van der Waals surface area contributed by atoms with Crippen molar-refractivity contribution in [1.29, 1.82) is 0 Å². The fourth-order valence-corrected chi connectivity index (χ4v) is 2.50. The first-order valence-electron chi connectivity index (χ1n) is 8.57. The van der Waals surface area contributed by atoms with Gasteiger partial charge in [-0.2, -0.15) is 0 Å². The Balaban J connectivity index is 1.49. The Morgan fingerprint density at radius 2 is 2.08 bits per heavy atom. The van der Waals surface area contributed by atoms with Crippen molar-refractivity contribution in [3.8, 4) is 11.6 Å². The molecule has 7 nitrogen and oxygen atoms in total. The summed E-state index contributed by atoms with van der Waals surface area (Å²) >= 11 is 6.15. The van der Waals surface area contributed by atoms with Crippen LogP contribution in [0.15, 0.2) is 36.5 Å². The van der Waals surface area contributed by atoms with Crippen LogP contribution in [0.3, 0.4) is 0 Å². The van der Waals surface area contributed by atoms with E-state index in [9.17, 15) is 9.59 Å². The molecular weight excluding hydrogens is 356 g/mol.